The van der Waals surface area contributed by atoms with Gasteiger partial charge in [0.1, 0.15) is 17.2 Å². The normalized spacial score (nSPS) is 15.1. The molecule has 0 aliphatic carbocycles. The van der Waals surface area contributed by atoms with E-state index in [1.54, 1.807) is 31.2 Å². The highest BCUT2D eigenvalue weighted by Gasteiger charge is 2.28. The molecule has 2 aromatic rings. The van der Waals surface area contributed by atoms with Crippen LogP contribution in [0, 0.1) is 0 Å². The van der Waals surface area contributed by atoms with Gasteiger partial charge in [-0.1, -0.05) is 12.1 Å². The van der Waals surface area contributed by atoms with E-state index in [0.29, 0.717) is 23.7 Å². The molecule has 0 aromatic heterocycles. The first kappa shape index (κ1) is 18.5. The molecule has 1 aliphatic heterocycles. The Bertz CT molecular complexity index is 882. The average molecular weight is 368 g/mol. The Kier molecular flexibility index (Phi) is 5.45. The van der Waals surface area contributed by atoms with Crippen molar-refractivity contribution >= 4 is 17.8 Å². The van der Waals surface area contributed by atoms with Gasteiger partial charge in [0, 0.05) is 6.07 Å². The minimum atomic E-state index is -0.760. The molecule has 140 valence electrons. The molecular formula is C21H20O6. The number of hydrogen-bond donors (Lipinski definition) is 0. The van der Waals surface area contributed by atoms with Crippen LogP contribution >= 0.6 is 0 Å². The van der Waals surface area contributed by atoms with Gasteiger partial charge in [0.2, 0.25) is 5.78 Å². The van der Waals surface area contributed by atoms with E-state index in [4.69, 9.17) is 14.2 Å². The van der Waals surface area contributed by atoms with Crippen molar-refractivity contribution in [3.05, 3.63) is 59.4 Å². The van der Waals surface area contributed by atoms with Gasteiger partial charge < -0.3 is 18.9 Å². The fraction of sp³-hybridized carbons (Fsp3) is 0.238. The third-order valence-electron chi connectivity index (χ3n) is 3.98. The summed E-state index contributed by atoms with van der Waals surface area (Å²) >= 11 is 0. The molecular weight excluding hydrogens is 348 g/mol. The Labute approximate surface area is 157 Å². The van der Waals surface area contributed by atoms with Crippen molar-refractivity contribution < 1.29 is 28.5 Å². The van der Waals surface area contributed by atoms with Crippen LogP contribution in [0.2, 0.25) is 0 Å². The molecule has 1 unspecified atom stereocenters. The highest BCUT2D eigenvalue weighted by Crippen LogP contribution is 2.35. The number of carbonyl (C=O) groups excluding carboxylic acids is 2. The van der Waals surface area contributed by atoms with Crippen LogP contribution in [0.5, 0.6) is 17.2 Å². The lowest BCUT2D eigenvalue weighted by molar-refractivity contribution is -0.147. The number of methoxy groups -OCH3 is 1. The molecule has 6 nitrogen and oxygen atoms in total. The number of ether oxygens (including phenoxy) is 4. The maximum absolute atomic E-state index is 12.5. The predicted molar refractivity (Wildman–Crippen MR) is 99.1 cm³/mol. The molecule has 1 heterocycles. The molecule has 0 spiro atoms. The summed E-state index contributed by atoms with van der Waals surface area (Å²) in [6.07, 6.45) is 0.916. The van der Waals surface area contributed by atoms with Gasteiger partial charge in [-0.2, -0.15) is 0 Å². The zero-order valence-corrected chi connectivity index (χ0v) is 15.4. The van der Waals surface area contributed by atoms with Crippen LogP contribution in [-0.2, 0) is 9.53 Å². The Balaban J connectivity index is 1.77. The van der Waals surface area contributed by atoms with E-state index in [0.717, 1.165) is 11.3 Å². The van der Waals surface area contributed by atoms with Crippen LogP contribution in [0.15, 0.2) is 48.2 Å². The van der Waals surface area contributed by atoms with Crippen LogP contribution < -0.4 is 14.2 Å². The number of carbonyl (C=O) groups is 2. The first-order chi connectivity index (χ1) is 13.0. The summed E-state index contributed by atoms with van der Waals surface area (Å²) in [5.74, 6) is 1.12. The second-order valence-corrected chi connectivity index (χ2v) is 5.88. The lowest BCUT2D eigenvalue weighted by atomic mass is 10.1. The fourth-order valence-corrected chi connectivity index (χ4v) is 2.64. The summed E-state index contributed by atoms with van der Waals surface area (Å²) in [5, 5.41) is 0. The molecule has 0 fully saturated rings. The van der Waals surface area contributed by atoms with E-state index >= 15 is 0 Å². The third-order valence-corrected chi connectivity index (χ3v) is 3.98. The molecule has 3 rings (SSSR count). The number of rotatable bonds is 6. The quantitative estimate of drug-likeness (QED) is 0.573. The van der Waals surface area contributed by atoms with Crippen molar-refractivity contribution in [2.24, 2.45) is 0 Å². The summed E-state index contributed by atoms with van der Waals surface area (Å²) in [4.78, 5) is 24.0. The van der Waals surface area contributed by atoms with Crippen LogP contribution in [0.3, 0.4) is 0 Å². The molecule has 2 aromatic carbocycles. The zero-order chi connectivity index (χ0) is 19.4. The SMILES string of the molecule is CCOc1ccc(C=C2Oc3cc(OC(C)C(=O)OC)ccc3C2=O)cc1. The number of hydrogen-bond acceptors (Lipinski definition) is 6. The van der Waals surface area contributed by atoms with Gasteiger partial charge in [-0.05, 0) is 49.8 Å². The van der Waals surface area contributed by atoms with E-state index in [1.165, 1.54) is 7.11 Å². The summed E-state index contributed by atoms with van der Waals surface area (Å²) in [6, 6.07) is 12.2. The Morgan fingerprint density at radius 2 is 1.85 bits per heavy atom. The standard InChI is InChI=1S/C21H20O6/c1-4-25-15-7-5-14(6-8-15)11-19-20(22)17-10-9-16(12-18(17)27-19)26-13(2)21(23)24-3/h5-13H,4H2,1-3H3. The topological polar surface area (TPSA) is 71.1 Å². The first-order valence-electron chi connectivity index (χ1n) is 8.57. The van der Waals surface area contributed by atoms with Gasteiger partial charge in [-0.15, -0.1) is 0 Å². The number of fused-ring (bicyclic) bond motifs is 1. The van der Waals surface area contributed by atoms with E-state index < -0.39 is 12.1 Å². The largest absolute Gasteiger partial charge is 0.494 e. The van der Waals surface area contributed by atoms with Gasteiger partial charge in [0.15, 0.2) is 11.9 Å². The maximum Gasteiger partial charge on any atom is 0.346 e. The highest BCUT2D eigenvalue weighted by atomic mass is 16.6. The summed E-state index contributed by atoms with van der Waals surface area (Å²) < 4.78 is 21.3. The summed E-state index contributed by atoms with van der Waals surface area (Å²) in [7, 11) is 1.30. The lowest BCUT2D eigenvalue weighted by Crippen LogP contribution is -2.24. The van der Waals surface area contributed by atoms with Crippen molar-refractivity contribution in [2.45, 2.75) is 20.0 Å². The van der Waals surface area contributed by atoms with Crippen molar-refractivity contribution in [1.82, 2.24) is 0 Å². The number of ketones is 1. The molecule has 0 bridgehead atoms. The minimum Gasteiger partial charge on any atom is -0.494 e. The van der Waals surface area contributed by atoms with Crippen LogP contribution in [-0.4, -0.2) is 31.6 Å². The van der Waals surface area contributed by atoms with Crippen molar-refractivity contribution in [3.8, 4) is 17.2 Å². The van der Waals surface area contributed by atoms with E-state index in [1.807, 2.05) is 31.2 Å². The summed E-state index contributed by atoms with van der Waals surface area (Å²) in [5.41, 5.74) is 1.27. The number of allylic oxidation sites excluding steroid dienone is 1. The molecule has 0 saturated heterocycles. The highest BCUT2D eigenvalue weighted by molar-refractivity contribution is 6.14. The van der Waals surface area contributed by atoms with Gasteiger partial charge in [-0.25, -0.2) is 4.79 Å². The number of benzene rings is 2. The van der Waals surface area contributed by atoms with E-state index in [-0.39, 0.29) is 11.5 Å². The Morgan fingerprint density at radius 3 is 2.52 bits per heavy atom. The Hall–Kier alpha value is -3.28. The minimum absolute atomic E-state index is 0.202. The molecule has 1 atom stereocenters. The van der Waals surface area contributed by atoms with Crippen LogP contribution in [0.4, 0.5) is 0 Å². The monoisotopic (exact) mass is 368 g/mol. The second-order valence-electron chi connectivity index (χ2n) is 5.88. The lowest BCUT2D eigenvalue weighted by Gasteiger charge is -2.12. The van der Waals surface area contributed by atoms with Gasteiger partial charge in [-0.3, -0.25) is 4.79 Å². The van der Waals surface area contributed by atoms with Crippen LogP contribution in [0.1, 0.15) is 29.8 Å². The van der Waals surface area contributed by atoms with Gasteiger partial charge in [0.05, 0.1) is 19.3 Å². The molecule has 27 heavy (non-hydrogen) atoms. The van der Waals surface area contributed by atoms with Crippen molar-refractivity contribution in [3.63, 3.8) is 0 Å². The van der Waals surface area contributed by atoms with E-state index in [2.05, 4.69) is 4.74 Å². The van der Waals surface area contributed by atoms with Gasteiger partial charge in [0.25, 0.3) is 0 Å². The smallest absolute Gasteiger partial charge is 0.346 e. The molecule has 6 heteroatoms. The molecule has 0 amide bonds. The first-order valence-corrected chi connectivity index (χ1v) is 8.57. The van der Waals surface area contributed by atoms with E-state index in [9.17, 15) is 9.59 Å². The Morgan fingerprint density at radius 1 is 1.15 bits per heavy atom. The maximum atomic E-state index is 12.5. The van der Waals surface area contributed by atoms with Crippen molar-refractivity contribution in [2.75, 3.05) is 13.7 Å². The third kappa shape index (κ3) is 4.11. The zero-order valence-electron chi connectivity index (χ0n) is 15.4. The predicted octanol–water partition coefficient (Wildman–Crippen LogP) is 3.64. The van der Waals surface area contributed by atoms with Gasteiger partial charge >= 0.3 is 5.97 Å². The number of Topliss-reactive ketones (excluding diaryl/α,β-unsaturated/α-hetero) is 1. The fourth-order valence-electron chi connectivity index (χ4n) is 2.64. The molecule has 0 saturated carbocycles. The molecule has 1 aliphatic rings. The molecule has 0 radical (unpaired) electrons. The van der Waals surface area contributed by atoms with Crippen molar-refractivity contribution in [1.29, 1.82) is 0 Å². The summed E-state index contributed by atoms with van der Waals surface area (Å²) in [6.45, 7) is 4.10. The average Bonchev–Trinajstić information content (AvgIpc) is 2.97. The molecule has 0 N–H and O–H groups in total. The number of esters is 1. The van der Waals surface area contributed by atoms with Crippen LogP contribution in [0.25, 0.3) is 6.08 Å². The second kappa shape index (κ2) is 7.95.